The first-order valence-electron chi connectivity index (χ1n) is 7.59. The maximum atomic E-state index is 12.1. The first kappa shape index (κ1) is 16.0. The Kier molecular flexibility index (Phi) is 5.39. The van der Waals surface area contributed by atoms with E-state index in [-0.39, 0.29) is 17.7 Å². The second kappa shape index (κ2) is 7.07. The second-order valence-electron chi connectivity index (χ2n) is 5.95. The molecule has 2 N–H and O–H groups in total. The Morgan fingerprint density at radius 1 is 1.24 bits per heavy atom. The van der Waals surface area contributed by atoms with E-state index in [1.807, 2.05) is 6.07 Å². The SMILES string of the molecule is CCc1ccc(CNC(=O)CC2(CC(=O)O)CCCC2)s1. The molecule has 4 nitrogen and oxygen atoms in total. The van der Waals surface area contributed by atoms with Crippen LogP contribution in [0.25, 0.3) is 0 Å². The van der Waals surface area contributed by atoms with Crippen molar-refractivity contribution in [2.75, 3.05) is 0 Å². The van der Waals surface area contributed by atoms with Gasteiger partial charge in [0.05, 0.1) is 13.0 Å². The Balaban J connectivity index is 1.86. The number of rotatable bonds is 7. The molecule has 1 fully saturated rings. The molecule has 116 valence electrons. The quantitative estimate of drug-likeness (QED) is 0.811. The largest absolute Gasteiger partial charge is 0.481 e. The molecule has 0 atom stereocenters. The van der Waals surface area contributed by atoms with E-state index in [0.29, 0.717) is 13.0 Å². The van der Waals surface area contributed by atoms with E-state index in [9.17, 15) is 9.59 Å². The minimum absolute atomic E-state index is 0.0235. The van der Waals surface area contributed by atoms with Crippen molar-refractivity contribution in [3.63, 3.8) is 0 Å². The summed E-state index contributed by atoms with van der Waals surface area (Å²) < 4.78 is 0. The van der Waals surface area contributed by atoms with Gasteiger partial charge in [-0.15, -0.1) is 11.3 Å². The van der Waals surface area contributed by atoms with Crippen LogP contribution in [-0.2, 0) is 22.6 Å². The standard InChI is InChI=1S/C16H23NO3S/c1-2-12-5-6-13(21-12)11-17-14(18)9-16(10-15(19)20)7-3-4-8-16/h5-6H,2-4,7-11H2,1H3,(H,17,18)(H,19,20). The third-order valence-electron chi connectivity index (χ3n) is 4.25. The second-order valence-corrected chi connectivity index (χ2v) is 7.21. The summed E-state index contributed by atoms with van der Waals surface area (Å²) in [7, 11) is 0. The van der Waals surface area contributed by atoms with Crippen LogP contribution in [0.15, 0.2) is 12.1 Å². The molecule has 1 aliphatic carbocycles. The molecule has 1 heterocycles. The minimum Gasteiger partial charge on any atom is -0.481 e. The number of carbonyl (C=O) groups is 2. The number of hydrogen-bond acceptors (Lipinski definition) is 3. The smallest absolute Gasteiger partial charge is 0.303 e. The lowest BCUT2D eigenvalue weighted by molar-refractivity contribution is -0.140. The summed E-state index contributed by atoms with van der Waals surface area (Å²) in [5.74, 6) is -0.819. The van der Waals surface area contributed by atoms with E-state index in [1.54, 1.807) is 11.3 Å². The molecule has 1 saturated carbocycles. The van der Waals surface area contributed by atoms with Gasteiger partial charge in [-0.1, -0.05) is 19.8 Å². The monoisotopic (exact) mass is 309 g/mol. The average molecular weight is 309 g/mol. The zero-order chi connectivity index (χ0) is 15.3. The molecule has 5 heteroatoms. The first-order valence-corrected chi connectivity index (χ1v) is 8.41. The van der Waals surface area contributed by atoms with Crippen molar-refractivity contribution in [1.82, 2.24) is 5.32 Å². The molecule has 0 aliphatic heterocycles. The third kappa shape index (κ3) is 4.56. The number of amides is 1. The summed E-state index contributed by atoms with van der Waals surface area (Å²) in [5.41, 5.74) is -0.319. The van der Waals surface area contributed by atoms with E-state index >= 15 is 0 Å². The molecule has 21 heavy (non-hydrogen) atoms. The number of carboxylic acids is 1. The number of carboxylic acid groups (broad SMARTS) is 1. The number of thiophene rings is 1. The topological polar surface area (TPSA) is 66.4 Å². The molecule has 0 aromatic carbocycles. The average Bonchev–Trinajstić information content (AvgIpc) is 3.05. The summed E-state index contributed by atoms with van der Waals surface area (Å²) in [4.78, 5) is 25.6. The summed E-state index contributed by atoms with van der Waals surface area (Å²) in [6, 6.07) is 4.14. The molecule has 0 radical (unpaired) electrons. The van der Waals surface area contributed by atoms with Crippen molar-refractivity contribution in [3.05, 3.63) is 21.9 Å². The number of aryl methyl sites for hydroxylation is 1. The van der Waals surface area contributed by atoms with Gasteiger partial charge >= 0.3 is 5.97 Å². The lowest BCUT2D eigenvalue weighted by Gasteiger charge is -2.26. The lowest BCUT2D eigenvalue weighted by atomic mass is 9.79. The number of hydrogen-bond donors (Lipinski definition) is 2. The van der Waals surface area contributed by atoms with Gasteiger partial charge in [0.2, 0.25) is 5.91 Å². The number of carbonyl (C=O) groups excluding carboxylic acids is 1. The van der Waals surface area contributed by atoms with Gasteiger partial charge in [-0.3, -0.25) is 9.59 Å². The molecular weight excluding hydrogens is 286 g/mol. The lowest BCUT2D eigenvalue weighted by Crippen LogP contribution is -2.31. The van der Waals surface area contributed by atoms with E-state index < -0.39 is 5.97 Å². The van der Waals surface area contributed by atoms with Gasteiger partial charge in [-0.25, -0.2) is 0 Å². The Morgan fingerprint density at radius 3 is 2.48 bits per heavy atom. The molecule has 1 aliphatic rings. The highest BCUT2D eigenvalue weighted by Gasteiger charge is 2.37. The number of aliphatic carboxylic acids is 1. The van der Waals surface area contributed by atoms with Gasteiger partial charge < -0.3 is 10.4 Å². The predicted octanol–water partition coefficient (Wildman–Crippen LogP) is 3.35. The van der Waals surface area contributed by atoms with E-state index in [1.165, 1.54) is 4.88 Å². The molecule has 0 unspecified atom stereocenters. The van der Waals surface area contributed by atoms with Crippen LogP contribution < -0.4 is 5.32 Å². The summed E-state index contributed by atoms with van der Waals surface area (Å²) in [6.07, 6.45) is 5.24. The molecular formula is C16H23NO3S. The van der Waals surface area contributed by atoms with Gasteiger partial charge in [-0.05, 0) is 36.8 Å². The minimum atomic E-state index is -0.796. The molecule has 2 rings (SSSR count). The highest BCUT2D eigenvalue weighted by atomic mass is 32.1. The van der Waals surface area contributed by atoms with E-state index in [4.69, 9.17) is 5.11 Å². The Labute approximate surface area is 129 Å². The molecule has 0 spiro atoms. The van der Waals surface area contributed by atoms with Crippen molar-refractivity contribution in [3.8, 4) is 0 Å². The zero-order valence-corrected chi connectivity index (χ0v) is 13.3. The van der Waals surface area contributed by atoms with E-state index in [2.05, 4.69) is 18.3 Å². The third-order valence-corrected chi connectivity index (χ3v) is 5.48. The maximum Gasteiger partial charge on any atom is 0.303 e. The van der Waals surface area contributed by atoms with Gasteiger partial charge in [0.25, 0.3) is 0 Å². The highest BCUT2D eigenvalue weighted by Crippen LogP contribution is 2.44. The van der Waals surface area contributed by atoms with Gasteiger partial charge in [0.1, 0.15) is 0 Å². The highest BCUT2D eigenvalue weighted by molar-refractivity contribution is 7.11. The summed E-state index contributed by atoms with van der Waals surface area (Å²) >= 11 is 1.72. The van der Waals surface area contributed by atoms with Crippen LogP contribution in [0.2, 0.25) is 0 Å². The maximum absolute atomic E-state index is 12.1. The fourth-order valence-electron chi connectivity index (χ4n) is 3.16. The Morgan fingerprint density at radius 2 is 1.90 bits per heavy atom. The number of nitrogens with one attached hydrogen (secondary N) is 1. The zero-order valence-electron chi connectivity index (χ0n) is 12.5. The van der Waals surface area contributed by atoms with Gasteiger partial charge in [0, 0.05) is 16.2 Å². The van der Waals surface area contributed by atoms with Gasteiger partial charge in [0.15, 0.2) is 0 Å². The molecule has 1 amide bonds. The van der Waals surface area contributed by atoms with Crippen LogP contribution in [-0.4, -0.2) is 17.0 Å². The molecule has 1 aromatic rings. The van der Waals surface area contributed by atoms with Crippen LogP contribution in [0.4, 0.5) is 0 Å². The van der Waals surface area contributed by atoms with Crippen LogP contribution in [0.1, 0.15) is 55.2 Å². The van der Waals surface area contributed by atoms with Crippen LogP contribution in [0.3, 0.4) is 0 Å². The van der Waals surface area contributed by atoms with Crippen molar-refractivity contribution < 1.29 is 14.7 Å². The van der Waals surface area contributed by atoms with Crippen LogP contribution in [0, 0.1) is 5.41 Å². The summed E-state index contributed by atoms with van der Waals surface area (Å²) in [6.45, 7) is 2.66. The van der Waals surface area contributed by atoms with Crippen molar-refractivity contribution >= 4 is 23.2 Å². The van der Waals surface area contributed by atoms with Crippen molar-refractivity contribution in [1.29, 1.82) is 0 Å². The van der Waals surface area contributed by atoms with Gasteiger partial charge in [-0.2, -0.15) is 0 Å². The van der Waals surface area contributed by atoms with Crippen LogP contribution >= 0.6 is 11.3 Å². The normalized spacial score (nSPS) is 16.8. The van der Waals surface area contributed by atoms with Crippen LogP contribution in [0.5, 0.6) is 0 Å². The molecule has 0 bridgehead atoms. The fourth-order valence-corrected chi connectivity index (χ4v) is 4.06. The fraction of sp³-hybridized carbons (Fsp3) is 0.625. The Hall–Kier alpha value is -1.36. The predicted molar refractivity (Wildman–Crippen MR) is 83.3 cm³/mol. The molecule has 0 saturated heterocycles. The van der Waals surface area contributed by atoms with E-state index in [0.717, 1.165) is 37.0 Å². The first-order chi connectivity index (χ1) is 10.0. The van der Waals surface area contributed by atoms with Crippen molar-refractivity contribution in [2.24, 2.45) is 5.41 Å². The van der Waals surface area contributed by atoms with Crippen molar-refractivity contribution in [2.45, 2.75) is 58.4 Å². The molecule has 1 aromatic heterocycles. The summed E-state index contributed by atoms with van der Waals surface area (Å²) in [5, 5.41) is 12.0. The Bertz CT molecular complexity index is 503.